The molecule has 23 heavy (non-hydrogen) atoms. The van der Waals surface area contributed by atoms with Gasteiger partial charge in [-0.2, -0.15) is 0 Å². The zero-order valence-electron chi connectivity index (χ0n) is 14.0. The van der Waals surface area contributed by atoms with Gasteiger partial charge in [0.25, 0.3) is 0 Å². The first kappa shape index (κ1) is 17.2. The maximum absolute atomic E-state index is 12.1. The van der Waals surface area contributed by atoms with Crippen molar-refractivity contribution >= 4 is 5.97 Å². The van der Waals surface area contributed by atoms with Crippen molar-refractivity contribution in [3.63, 3.8) is 0 Å². The fraction of sp³-hybridized carbons (Fsp3) is 0.350. The van der Waals surface area contributed by atoms with Crippen molar-refractivity contribution in [1.82, 2.24) is 0 Å². The second kappa shape index (κ2) is 7.93. The van der Waals surface area contributed by atoms with Gasteiger partial charge in [0.15, 0.2) is 0 Å². The molecule has 0 aliphatic carbocycles. The van der Waals surface area contributed by atoms with Crippen LogP contribution in [0.1, 0.15) is 36.7 Å². The maximum Gasteiger partial charge on any atom is 0.338 e. The molecule has 0 radical (unpaired) electrons. The minimum atomic E-state index is -0.669. The summed E-state index contributed by atoms with van der Waals surface area (Å²) in [4.78, 5) is 12.1. The van der Waals surface area contributed by atoms with Crippen LogP contribution >= 0.6 is 0 Å². The van der Waals surface area contributed by atoms with Gasteiger partial charge in [-0.15, -0.1) is 0 Å². The Morgan fingerprint density at radius 2 is 1.57 bits per heavy atom. The molecule has 0 spiro atoms. The lowest BCUT2D eigenvalue weighted by Crippen LogP contribution is -2.35. The van der Waals surface area contributed by atoms with Gasteiger partial charge in [0.1, 0.15) is 5.60 Å². The summed E-state index contributed by atoms with van der Waals surface area (Å²) in [6, 6.07) is 19.2. The molecule has 2 aromatic carbocycles. The van der Waals surface area contributed by atoms with Crippen molar-refractivity contribution in [3.05, 3.63) is 71.8 Å². The van der Waals surface area contributed by atoms with E-state index in [4.69, 9.17) is 9.47 Å². The number of benzene rings is 2. The Kier molecular flexibility index (Phi) is 5.94. The number of ether oxygens (including phenoxy) is 2. The number of hydrogen-bond donors (Lipinski definition) is 0. The molecule has 1 unspecified atom stereocenters. The van der Waals surface area contributed by atoms with E-state index in [-0.39, 0.29) is 12.1 Å². The first-order valence-corrected chi connectivity index (χ1v) is 7.90. The van der Waals surface area contributed by atoms with Crippen molar-refractivity contribution < 1.29 is 14.3 Å². The molecule has 0 heterocycles. The second-order valence-electron chi connectivity index (χ2n) is 6.33. The largest absolute Gasteiger partial charge is 0.454 e. The molecule has 0 N–H and O–H groups in total. The standard InChI is InChI=1S/C20H24O3/c1-16(14-17-10-6-4-7-11-17)22-15-20(2,3)23-19(21)18-12-8-5-9-13-18/h4-13,16H,14-15H2,1-3H3. The molecule has 0 amide bonds. The second-order valence-corrected chi connectivity index (χ2v) is 6.33. The molecule has 2 rings (SSSR count). The van der Waals surface area contributed by atoms with Gasteiger partial charge in [0.05, 0.1) is 18.3 Å². The van der Waals surface area contributed by atoms with E-state index in [0.717, 1.165) is 6.42 Å². The van der Waals surface area contributed by atoms with Crippen molar-refractivity contribution in [2.24, 2.45) is 0 Å². The Bertz CT molecular complexity index is 605. The summed E-state index contributed by atoms with van der Waals surface area (Å²) in [7, 11) is 0. The Balaban J connectivity index is 1.82. The Hall–Kier alpha value is -2.13. The molecule has 0 bridgehead atoms. The predicted octanol–water partition coefficient (Wildman–Crippen LogP) is 4.27. The minimum Gasteiger partial charge on any atom is -0.454 e. The van der Waals surface area contributed by atoms with Crippen LogP contribution in [-0.2, 0) is 15.9 Å². The minimum absolute atomic E-state index is 0.0621. The van der Waals surface area contributed by atoms with Crippen LogP contribution in [0.5, 0.6) is 0 Å². The van der Waals surface area contributed by atoms with Crippen molar-refractivity contribution in [3.8, 4) is 0 Å². The van der Waals surface area contributed by atoms with E-state index in [1.807, 2.05) is 57.2 Å². The smallest absolute Gasteiger partial charge is 0.338 e. The Labute approximate surface area is 138 Å². The summed E-state index contributed by atoms with van der Waals surface area (Å²) in [6.45, 7) is 6.12. The SMILES string of the molecule is CC(Cc1ccccc1)OCC(C)(C)OC(=O)c1ccccc1. The maximum atomic E-state index is 12.1. The van der Waals surface area contributed by atoms with Crippen molar-refractivity contribution in [1.29, 1.82) is 0 Å². The lowest BCUT2D eigenvalue weighted by molar-refractivity contribution is -0.0644. The number of carbonyl (C=O) groups is 1. The number of hydrogen-bond acceptors (Lipinski definition) is 3. The van der Waals surface area contributed by atoms with Crippen LogP contribution in [0.3, 0.4) is 0 Å². The summed E-state index contributed by atoms with van der Waals surface area (Å²) >= 11 is 0. The monoisotopic (exact) mass is 312 g/mol. The fourth-order valence-electron chi connectivity index (χ4n) is 2.26. The zero-order valence-corrected chi connectivity index (χ0v) is 14.0. The van der Waals surface area contributed by atoms with Gasteiger partial charge in [-0.25, -0.2) is 4.79 Å². The molecule has 0 aromatic heterocycles. The summed E-state index contributed by atoms with van der Waals surface area (Å²) in [5.41, 5.74) is 1.12. The van der Waals surface area contributed by atoms with Gasteiger partial charge >= 0.3 is 5.97 Å². The van der Waals surface area contributed by atoms with Crippen molar-refractivity contribution in [2.45, 2.75) is 38.9 Å². The van der Waals surface area contributed by atoms with Crippen LogP contribution in [-0.4, -0.2) is 24.3 Å². The number of esters is 1. The first-order valence-electron chi connectivity index (χ1n) is 7.90. The lowest BCUT2D eigenvalue weighted by atomic mass is 10.1. The van der Waals surface area contributed by atoms with E-state index in [9.17, 15) is 4.79 Å². The van der Waals surface area contributed by atoms with Gasteiger partial charge in [0.2, 0.25) is 0 Å². The van der Waals surface area contributed by atoms with Crippen LogP contribution in [0.15, 0.2) is 60.7 Å². The molecular formula is C20H24O3. The highest BCUT2D eigenvalue weighted by atomic mass is 16.6. The molecular weight excluding hydrogens is 288 g/mol. The van der Waals surface area contributed by atoms with E-state index in [0.29, 0.717) is 12.2 Å². The molecule has 3 nitrogen and oxygen atoms in total. The van der Waals surface area contributed by atoms with Gasteiger partial charge in [-0.3, -0.25) is 0 Å². The molecule has 1 atom stereocenters. The van der Waals surface area contributed by atoms with Gasteiger partial charge in [-0.1, -0.05) is 48.5 Å². The van der Waals surface area contributed by atoms with E-state index >= 15 is 0 Å². The van der Waals surface area contributed by atoms with Crippen molar-refractivity contribution in [2.75, 3.05) is 6.61 Å². The van der Waals surface area contributed by atoms with Gasteiger partial charge in [-0.05, 0) is 44.9 Å². The zero-order chi connectivity index (χ0) is 16.7. The van der Waals surface area contributed by atoms with Crippen LogP contribution < -0.4 is 0 Å². The Morgan fingerprint density at radius 3 is 2.17 bits per heavy atom. The summed E-state index contributed by atoms with van der Waals surface area (Å²) in [6.07, 6.45) is 0.899. The normalized spacial score (nSPS) is 12.7. The van der Waals surface area contributed by atoms with Crippen LogP contribution in [0.4, 0.5) is 0 Å². The topological polar surface area (TPSA) is 35.5 Å². The van der Waals surface area contributed by atoms with Crippen LogP contribution in [0, 0.1) is 0 Å². The fourth-order valence-corrected chi connectivity index (χ4v) is 2.26. The molecule has 2 aromatic rings. The molecule has 0 aliphatic heterocycles. The number of rotatable bonds is 7. The number of carbonyl (C=O) groups excluding carboxylic acids is 1. The Morgan fingerprint density at radius 1 is 1.00 bits per heavy atom. The molecule has 0 saturated heterocycles. The highest BCUT2D eigenvalue weighted by Gasteiger charge is 2.25. The predicted molar refractivity (Wildman–Crippen MR) is 91.5 cm³/mol. The summed E-state index contributed by atoms with van der Waals surface area (Å²) in [5.74, 6) is -0.324. The molecule has 0 fully saturated rings. The summed E-state index contributed by atoms with van der Waals surface area (Å²) < 4.78 is 11.4. The van der Waals surface area contributed by atoms with E-state index in [2.05, 4.69) is 12.1 Å². The summed E-state index contributed by atoms with van der Waals surface area (Å²) in [5, 5.41) is 0. The van der Waals surface area contributed by atoms with E-state index < -0.39 is 5.60 Å². The third-order valence-corrected chi connectivity index (χ3v) is 3.46. The first-order chi connectivity index (χ1) is 11.0. The highest BCUT2D eigenvalue weighted by Crippen LogP contribution is 2.16. The highest BCUT2D eigenvalue weighted by molar-refractivity contribution is 5.89. The average Bonchev–Trinajstić information content (AvgIpc) is 2.54. The molecule has 3 heteroatoms. The van der Waals surface area contributed by atoms with E-state index in [1.54, 1.807) is 12.1 Å². The molecule has 0 aliphatic rings. The third-order valence-electron chi connectivity index (χ3n) is 3.46. The van der Waals surface area contributed by atoms with Crippen LogP contribution in [0.2, 0.25) is 0 Å². The van der Waals surface area contributed by atoms with Gasteiger partial charge < -0.3 is 9.47 Å². The lowest BCUT2D eigenvalue weighted by Gasteiger charge is -2.27. The molecule has 122 valence electrons. The molecule has 0 saturated carbocycles. The average molecular weight is 312 g/mol. The third kappa shape index (κ3) is 5.87. The van der Waals surface area contributed by atoms with E-state index in [1.165, 1.54) is 5.56 Å². The quantitative estimate of drug-likeness (QED) is 0.716. The van der Waals surface area contributed by atoms with Gasteiger partial charge in [0, 0.05) is 0 Å². The van der Waals surface area contributed by atoms with Crippen LogP contribution in [0.25, 0.3) is 0 Å².